The molecule has 0 fully saturated rings. The molecule has 6 heteroatoms. The Labute approximate surface area is 217 Å². The van der Waals surface area contributed by atoms with Crippen LogP contribution < -0.4 is 21.2 Å². The summed E-state index contributed by atoms with van der Waals surface area (Å²) in [5, 5.41) is 12.0. The Kier molecular flexibility index (Phi) is 7.86. The molecule has 1 aliphatic rings. The predicted molar refractivity (Wildman–Crippen MR) is 135 cm³/mol. The molecule has 0 saturated heterocycles. The van der Waals surface area contributed by atoms with Crippen LogP contribution in [0.2, 0.25) is 0 Å². The summed E-state index contributed by atoms with van der Waals surface area (Å²) in [7, 11) is 0. The molecule has 2 heterocycles. The van der Waals surface area contributed by atoms with Crippen LogP contribution >= 0.6 is 0 Å². The summed E-state index contributed by atoms with van der Waals surface area (Å²) in [6.07, 6.45) is 6.48. The van der Waals surface area contributed by atoms with Gasteiger partial charge in [-0.2, -0.15) is 0 Å². The van der Waals surface area contributed by atoms with Crippen molar-refractivity contribution >= 4 is 28.7 Å². The van der Waals surface area contributed by atoms with Gasteiger partial charge in [-0.1, -0.05) is 0 Å². The topological polar surface area (TPSA) is 66.1 Å². The average molecular weight is 578 g/mol. The number of halogens is 1. The van der Waals surface area contributed by atoms with Crippen molar-refractivity contribution in [1.82, 2.24) is 9.47 Å². The van der Waals surface area contributed by atoms with Crippen LogP contribution in [-0.4, -0.2) is 32.3 Å². The zero-order valence-corrected chi connectivity index (χ0v) is 22.5. The second-order valence-corrected chi connectivity index (χ2v) is 11.7. The molecule has 0 atom stereocenters. The van der Waals surface area contributed by atoms with Gasteiger partial charge in [0.25, 0.3) is 0 Å². The van der Waals surface area contributed by atoms with E-state index in [2.05, 4.69) is 54.1 Å². The van der Waals surface area contributed by atoms with Crippen molar-refractivity contribution in [3.63, 3.8) is 0 Å². The number of alkyl halides is 1. The first-order valence-electron chi connectivity index (χ1n) is 11.9. The van der Waals surface area contributed by atoms with E-state index in [1.165, 1.54) is 37.2 Å². The second kappa shape index (κ2) is 11.0. The Balaban J connectivity index is 1.77. The van der Waals surface area contributed by atoms with E-state index >= 15 is 0 Å². The zero-order chi connectivity index (χ0) is 24.9. The van der Waals surface area contributed by atoms with Gasteiger partial charge in [0.2, 0.25) is 0 Å². The number of unbranched alkanes of at least 4 members (excludes halogenated alkanes) is 1. The van der Waals surface area contributed by atoms with Gasteiger partial charge in [0.15, 0.2) is 0 Å². The van der Waals surface area contributed by atoms with E-state index < -0.39 is 5.91 Å². The molecular weight excluding hydrogens is 549 g/mol. The summed E-state index contributed by atoms with van der Waals surface area (Å²) < 4.78 is 4.75. The van der Waals surface area contributed by atoms with Crippen LogP contribution in [0.5, 0.6) is 0 Å². The first kappa shape index (κ1) is 24.9. The third-order valence-electron chi connectivity index (χ3n) is 6.23. The molecule has 0 unspecified atom stereocenters. The molecule has 35 heavy (non-hydrogen) atoms. The van der Waals surface area contributed by atoms with Gasteiger partial charge in [0, 0.05) is 0 Å². The number of nitrogens with zero attached hydrogens (tertiary/aromatic N) is 3. The number of carbonyl (C=O) groups is 2. The van der Waals surface area contributed by atoms with Crippen LogP contribution in [0.15, 0.2) is 71.4 Å². The fourth-order valence-electron chi connectivity index (χ4n) is 4.23. The number of rotatable bonds is 8. The van der Waals surface area contributed by atoms with Crippen molar-refractivity contribution in [2.24, 2.45) is 0 Å². The molecule has 2 aromatic carbocycles. The quantitative estimate of drug-likeness (QED) is 0.136. The SMILES string of the molecule is CCCC[I-]c1cc(/C=C2\C(=O)N(CC)C(=O)C(C#N)=C2C)n(Cc2ccc3ccccc3c2)c1. The van der Waals surface area contributed by atoms with Crippen molar-refractivity contribution < 1.29 is 30.8 Å². The van der Waals surface area contributed by atoms with Crippen LogP contribution in [0.4, 0.5) is 0 Å². The Hall–Kier alpha value is -3.18. The van der Waals surface area contributed by atoms with Crippen LogP contribution in [0, 0.1) is 14.9 Å². The molecule has 3 aromatic rings. The first-order valence-corrected chi connectivity index (χ1v) is 14.5. The van der Waals surface area contributed by atoms with E-state index in [0.717, 1.165) is 10.6 Å². The Morgan fingerprint density at radius 1 is 1.03 bits per heavy atom. The Morgan fingerprint density at radius 2 is 1.80 bits per heavy atom. The van der Waals surface area contributed by atoms with Crippen LogP contribution in [0.1, 0.15) is 44.9 Å². The van der Waals surface area contributed by atoms with Gasteiger partial charge >= 0.3 is 218 Å². The van der Waals surface area contributed by atoms with Gasteiger partial charge < -0.3 is 0 Å². The summed E-state index contributed by atoms with van der Waals surface area (Å²) in [6.45, 7) is 6.57. The molecule has 0 radical (unpaired) electrons. The van der Waals surface area contributed by atoms with Crippen molar-refractivity contribution in [2.75, 3.05) is 11.0 Å². The maximum absolute atomic E-state index is 13.2. The van der Waals surface area contributed by atoms with Crippen LogP contribution in [0.25, 0.3) is 16.8 Å². The van der Waals surface area contributed by atoms with Gasteiger partial charge in [-0.15, -0.1) is 0 Å². The molecule has 0 aliphatic carbocycles. The zero-order valence-electron chi connectivity index (χ0n) is 20.3. The number of hydrogen-bond acceptors (Lipinski definition) is 3. The third kappa shape index (κ3) is 5.25. The van der Waals surface area contributed by atoms with E-state index in [-0.39, 0.29) is 39.2 Å². The van der Waals surface area contributed by atoms with Crippen molar-refractivity contribution in [2.45, 2.75) is 40.2 Å². The normalized spacial score (nSPS) is 15.5. The van der Waals surface area contributed by atoms with Crippen molar-refractivity contribution in [3.8, 4) is 6.07 Å². The van der Waals surface area contributed by atoms with Crippen LogP contribution in [-0.2, 0) is 16.1 Å². The molecule has 180 valence electrons. The van der Waals surface area contributed by atoms with E-state index in [9.17, 15) is 14.9 Å². The van der Waals surface area contributed by atoms with Gasteiger partial charge in [0.05, 0.1) is 0 Å². The summed E-state index contributed by atoms with van der Waals surface area (Å²) in [5.74, 6) is -0.845. The van der Waals surface area contributed by atoms with Gasteiger partial charge in [-0.25, -0.2) is 0 Å². The van der Waals surface area contributed by atoms with E-state index in [0.29, 0.717) is 17.7 Å². The third-order valence-corrected chi connectivity index (χ3v) is 9.01. The molecule has 0 saturated carbocycles. The number of hydrogen-bond donors (Lipinski definition) is 0. The molecule has 2 amide bonds. The van der Waals surface area contributed by atoms with E-state index in [1.807, 2.05) is 24.3 Å². The number of likely N-dealkylation sites (N-methyl/N-ethyl adjacent to an activating group) is 1. The molecular formula is C29H29IN3O2-. The molecule has 0 N–H and O–H groups in total. The number of nitriles is 1. The average Bonchev–Trinajstić information content (AvgIpc) is 3.23. The Bertz CT molecular complexity index is 1390. The molecule has 1 aliphatic heterocycles. The monoisotopic (exact) mass is 578 g/mol. The Morgan fingerprint density at radius 3 is 2.51 bits per heavy atom. The molecule has 5 nitrogen and oxygen atoms in total. The van der Waals surface area contributed by atoms with E-state index in [4.69, 9.17) is 0 Å². The number of amides is 2. The summed E-state index contributed by atoms with van der Waals surface area (Å²) in [6, 6.07) is 19.0. The summed E-state index contributed by atoms with van der Waals surface area (Å²) >= 11 is -0.124. The minimum atomic E-state index is -0.507. The number of imide groups is 1. The van der Waals surface area contributed by atoms with Crippen molar-refractivity contribution in [1.29, 1.82) is 5.26 Å². The fraction of sp³-hybridized carbons (Fsp3) is 0.276. The predicted octanol–water partition coefficient (Wildman–Crippen LogP) is 2.36. The van der Waals surface area contributed by atoms with Crippen molar-refractivity contribution in [3.05, 3.63) is 86.3 Å². The fourth-order valence-corrected chi connectivity index (χ4v) is 7.07. The number of aromatic nitrogens is 1. The first-order chi connectivity index (χ1) is 17.0. The minimum absolute atomic E-state index is 0.0425. The molecule has 0 bridgehead atoms. The van der Waals surface area contributed by atoms with E-state index in [1.54, 1.807) is 13.8 Å². The van der Waals surface area contributed by atoms with Crippen LogP contribution in [0.3, 0.4) is 0 Å². The van der Waals surface area contributed by atoms with Gasteiger partial charge in [-0.05, 0) is 0 Å². The number of fused-ring (bicyclic) bond motifs is 1. The number of benzene rings is 2. The number of carbonyl (C=O) groups excluding carboxylic acids is 2. The molecule has 0 spiro atoms. The van der Waals surface area contributed by atoms with Gasteiger partial charge in [0.1, 0.15) is 0 Å². The second-order valence-electron chi connectivity index (χ2n) is 8.59. The van der Waals surface area contributed by atoms with Gasteiger partial charge in [-0.3, -0.25) is 0 Å². The maximum atomic E-state index is 13.2. The summed E-state index contributed by atoms with van der Waals surface area (Å²) in [5.41, 5.74) is 3.02. The summed E-state index contributed by atoms with van der Waals surface area (Å²) in [4.78, 5) is 26.9. The molecule has 4 rings (SSSR count). The standard InChI is InChI=1S/C29H29IN3O2/c1-4-6-13-30-24-15-25(16-26-20(3)27(17-31)29(35)33(5-2)28(26)34)32(19-24)18-21-11-12-22-9-7-8-10-23(22)14-21/h7-12,14-16,19H,4-6,13,18H2,1-3H3/q-1/b26-16-. The molecule has 1 aromatic heterocycles.